The molecule has 0 aromatic heterocycles. The second kappa shape index (κ2) is 9.79. The zero-order valence-electron chi connectivity index (χ0n) is 19.4. The van der Waals surface area contributed by atoms with Crippen LogP contribution in [0.5, 0.6) is 0 Å². The smallest absolute Gasteiger partial charge is 0.277 e. The first-order chi connectivity index (χ1) is 14.8. The van der Waals surface area contributed by atoms with Crippen LogP contribution in [-0.4, -0.2) is 68.4 Å². The maximum absolute atomic E-state index is 12.8. The van der Waals surface area contributed by atoms with Crippen LogP contribution in [-0.2, 0) is 16.0 Å². The third-order valence-corrected chi connectivity index (χ3v) is 7.34. The summed E-state index contributed by atoms with van der Waals surface area (Å²) < 4.78 is 0. The van der Waals surface area contributed by atoms with Crippen LogP contribution in [0.2, 0.25) is 0 Å². The van der Waals surface area contributed by atoms with Crippen molar-refractivity contribution in [3.05, 3.63) is 29.3 Å². The molecule has 7 nitrogen and oxygen atoms in total. The van der Waals surface area contributed by atoms with Crippen molar-refractivity contribution >= 4 is 23.4 Å². The number of halogens is 1. The van der Waals surface area contributed by atoms with E-state index in [9.17, 15) is 14.4 Å². The number of hydrogen-bond donors (Lipinski definition) is 2. The lowest BCUT2D eigenvalue weighted by Crippen LogP contribution is -3.14. The van der Waals surface area contributed by atoms with Crippen molar-refractivity contribution in [3.63, 3.8) is 0 Å². The van der Waals surface area contributed by atoms with Gasteiger partial charge in [0.25, 0.3) is 11.8 Å². The number of rotatable bonds is 4. The van der Waals surface area contributed by atoms with Crippen molar-refractivity contribution in [1.29, 1.82) is 0 Å². The Morgan fingerprint density at radius 2 is 1.81 bits per heavy atom. The lowest BCUT2D eigenvalue weighted by atomic mass is 9.82. The van der Waals surface area contributed by atoms with E-state index >= 15 is 0 Å². The Kier molecular flexibility index (Phi) is 7.50. The first-order valence-corrected chi connectivity index (χ1v) is 11.6. The monoisotopic (exact) mass is 462 g/mol. The van der Waals surface area contributed by atoms with E-state index < -0.39 is 0 Å². The van der Waals surface area contributed by atoms with Crippen LogP contribution in [0.4, 0.5) is 5.69 Å². The highest BCUT2D eigenvalue weighted by atomic mass is 35.5. The quantitative estimate of drug-likeness (QED) is 0.525. The zero-order valence-corrected chi connectivity index (χ0v) is 20.1. The number of carbonyl (C=O) groups is 3. The number of nitrogens with zero attached hydrogens (tertiary/aromatic N) is 2. The highest BCUT2D eigenvalue weighted by Gasteiger charge is 2.37. The molecular weight excluding hydrogens is 428 g/mol. The van der Waals surface area contributed by atoms with E-state index in [-0.39, 0.29) is 36.2 Å². The van der Waals surface area contributed by atoms with Gasteiger partial charge in [-0.25, -0.2) is 0 Å². The van der Waals surface area contributed by atoms with Gasteiger partial charge in [-0.15, -0.1) is 0 Å². The van der Waals surface area contributed by atoms with Crippen molar-refractivity contribution in [3.8, 4) is 0 Å². The number of likely N-dealkylation sites (tertiary alicyclic amines) is 2. The number of fused-ring (bicyclic) bond motifs is 1. The summed E-state index contributed by atoms with van der Waals surface area (Å²) in [6.45, 7) is 8.69. The third-order valence-electron chi connectivity index (χ3n) is 7.34. The molecule has 176 valence electrons. The van der Waals surface area contributed by atoms with Crippen molar-refractivity contribution in [2.24, 2.45) is 5.41 Å². The zero-order chi connectivity index (χ0) is 22.2. The number of anilines is 1. The summed E-state index contributed by atoms with van der Waals surface area (Å²) in [7, 11) is 1.61. The minimum absolute atomic E-state index is 0. The Balaban J connectivity index is 0.00000289. The Morgan fingerprint density at radius 1 is 1.16 bits per heavy atom. The molecule has 0 atom stereocenters. The SMILES string of the molecule is CNC(=O)c1ccc2c(c1)CC(=O)N2C1CC[NH+](CC(=O)N2CCC(C)(C)CC2)CC1.[Cl-]. The lowest BCUT2D eigenvalue weighted by molar-refractivity contribution is -0.897. The molecule has 1 aromatic carbocycles. The Bertz CT molecular complexity index is 870. The van der Waals surface area contributed by atoms with E-state index in [2.05, 4.69) is 19.2 Å². The molecule has 3 amide bonds. The molecule has 0 aliphatic carbocycles. The van der Waals surface area contributed by atoms with Gasteiger partial charge in [0, 0.05) is 50.3 Å². The highest BCUT2D eigenvalue weighted by Crippen LogP contribution is 2.33. The van der Waals surface area contributed by atoms with Crippen molar-refractivity contribution in [2.75, 3.05) is 44.7 Å². The van der Waals surface area contributed by atoms with E-state index in [1.165, 1.54) is 4.90 Å². The molecular formula is C24H35ClN4O3. The van der Waals surface area contributed by atoms with Crippen LogP contribution in [0.25, 0.3) is 0 Å². The topological polar surface area (TPSA) is 74.2 Å². The largest absolute Gasteiger partial charge is 1.00 e. The van der Waals surface area contributed by atoms with Gasteiger partial charge in [-0.05, 0) is 42.0 Å². The van der Waals surface area contributed by atoms with Gasteiger partial charge >= 0.3 is 0 Å². The summed E-state index contributed by atoms with van der Waals surface area (Å²) >= 11 is 0. The van der Waals surface area contributed by atoms with Crippen LogP contribution in [0.1, 0.15) is 55.5 Å². The van der Waals surface area contributed by atoms with Gasteiger partial charge in [-0.3, -0.25) is 14.4 Å². The molecule has 0 unspecified atom stereocenters. The summed E-state index contributed by atoms with van der Waals surface area (Å²) in [5.41, 5.74) is 2.82. The maximum Gasteiger partial charge on any atom is 0.277 e. The summed E-state index contributed by atoms with van der Waals surface area (Å²) in [6.07, 6.45) is 4.32. The van der Waals surface area contributed by atoms with E-state index in [0.717, 1.165) is 63.1 Å². The minimum Gasteiger partial charge on any atom is -1.00 e. The number of quaternary nitrogens is 1. The fraction of sp³-hybridized carbons (Fsp3) is 0.625. The summed E-state index contributed by atoms with van der Waals surface area (Å²) in [5, 5.41) is 2.63. The average Bonchev–Trinajstić information content (AvgIpc) is 3.08. The predicted molar refractivity (Wildman–Crippen MR) is 119 cm³/mol. The Labute approximate surface area is 196 Å². The standard InChI is InChI=1S/C24H34N4O3.ClH/c1-24(2)8-12-27(13-9-24)22(30)16-26-10-6-19(7-11-26)28-20-5-4-17(23(31)25-3)14-18(20)15-21(28)29;/h4-5,14,19H,6-13,15-16H2,1-3H3,(H,25,31);1H. The second-order valence-corrected chi connectivity index (χ2v) is 10.1. The highest BCUT2D eigenvalue weighted by molar-refractivity contribution is 6.03. The van der Waals surface area contributed by atoms with Crippen molar-refractivity contribution in [2.45, 2.75) is 52.0 Å². The number of amides is 3. The molecule has 2 N–H and O–H groups in total. The van der Waals surface area contributed by atoms with Crippen LogP contribution >= 0.6 is 0 Å². The molecule has 2 fully saturated rings. The van der Waals surface area contributed by atoms with Gasteiger partial charge in [0.2, 0.25) is 5.91 Å². The average molecular weight is 463 g/mol. The van der Waals surface area contributed by atoms with Crippen LogP contribution in [0, 0.1) is 5.41 Å². The van der Waals surface area contributed by atoms with Gasteiger partial charge < -0.3 is 32.4 Å². The van der Waals surface area contributed by atoms with E-state index in [4.69, 9.17) is 0 Å². The van der Waals surface area contributed by atoms with Gasteiger partial charge in [0.15, 0.2) is 6.54 Å². The molecule has 8 heteroatoms. The number of carbonyl (C=O) groups excluding carboxylic acids is 3. The van der Waals surface area contributed by atoms with Crippen LogP contribution < -0.4 is 27.5 Å². The Morgan fingerprint density at radius 3 is 2.44 bits per heavy atom. The van der Waals surface area contributed by atoms with Crippen LogP contribution in [0.3, 0.4) is 0 Å². The van der Waals surface area contributed by atoms with Gasteiger partial charge in [0.05, 0.1) is 19.5 Å². The van der Waals surface area contributed by atoms with Crippen molar-refractivity contribution < 1.29 is 31.7 Å². The first-order valence-electron chi connectivity index (χ1n) is 11.6. The third kappa shape index (κ3) is 5.09. The minimum atomic E-state index is -0.132. The predicted octanol–water partition coefficient (Wildman–Crippen LogP) is -2.36. The molecule has 0 spiro atoms. The molecule has 0 radical (unpaired) electrons. The Hall–Kier alpha value is -2.12. The molecule has 32 heavy (non-hydrogen) atoms. The van der Waals surface area contributed by atoms with Gasteiger partial charge in [-0.1, -0.05) is 13.8 Å². The molecule has 0 saturated carbocycles. The summed E-state index contributed by atoms with van der Waals surface area (Å²) in [6, 6.07) is 5.72. The molecule has 4 rings (SSSR count). The maximum atomic E-state index is 12.8. The molecule has 0 bridgehead atoms. The van der Waals surface area contributed by atoms with Crippen LogP contribution in [0.15, 0.2) is 18.2 Å². The number of piperidine rings is 2. The summed E-state index contributed by atoms with van der Waals surface area (Å²) in [4.78, 5) is 42.7. The number of hydrogen-bond acceptors (Lipinski definition) is 3. The fourth-order valence-electron chi connectivity index (χ4n) is 5.16. The number of nitrogens with one attached hydrogen (secondary N) is 2. The van der Waals surface area contributed by atoms with E-state index in [0.29, 0.717) is 23.9 Å². The molecule has 1 aromatic rings. The van der Waals surface area contributed by atoms with Gasteiger partial charge in [0.1, 0.15) is 0 Å². The molecule has 3 aliphatic rings. The molecule has 3 heterocycles. The van der Waals surface area contributed by atoms with E-state index in [1.807, 2.05) is 21.9 Å². The van der Waals surface area contributed by atoms with Crippen molar-refractivity contribution in [1.82, 2.24) is 10.2 Å². The van der Waals surface area contributed by atoms with Gasteiger partial charge in [-0.2, -0.15) is 0 Å². The normalized spacial score (nSPS) is 24.5. The number of benzene rings is 1. The fourth-order valence-corrected chi connectivity index (χ4v) is 5.16. The molecule has 3 aliphatic heterocycles. The lowest BCUT2D eigenvalue weighted by Gasteiger charge is -2.38. The second-order valence-electron chi connectivity index (χ2n) is 10.1. The van der Waals surface area contributed by atoms with E-state index in [1.54, 1.807) is 13.1 Å². The first kappa shape index (κ1) is 24.5. The summed E-state index contributed by atoms with van der Waals surface area (Å²) in [5.74, 6) is 0.255. The molecule has 2 saturated heterocycles.